The second kappa shape index (κ2) is 8.32. The van der Waals surface area contributed by atoms with Gasteiger partial charge in [0.25, 0.3) is 5.91 Å². The van der Waals surface area contributed by atoms with Crippen LogP contribution in [0.1, 0.15) is 68.8 Å². The van der Waals surface area contributed by atoms with Crippen LogP contribution >= 0.6 is 0 Å². The van der Waals surface area contributed by atoms with Crippen LogP contribution in [0.2, 0.25) is 0 Å². The smallest absolute Gasteiger partial charge is 0.253 e. The fraction of sp³-hybridized carbons (Fsp3) is 0.696. The summed E-state index contributed by atoms with van der Waals surface area (Å²) in [4.78, 5) is 17.8. The SMILES string of the molecule is CCN1CCC[C@]2(CCCN(C(=O)c3cccc(CCC(C)(C)O)c3)C2)C1. The van der Waals surface area contributed by atoms with Crippen molar-refractivity contribution in [2.24, 2.45) is 5.41 Å². The molecule has 150 valence electrons. The van der Waals surface area contributed by atoms with Crippen molar-refractivity contribution in [1.29, 1.82) is 0 Å². The molecule has 0 aromatic heterocycles. The molecule has 4 heteroatoms. The minimum Gasteiger partial charge on any atom is -0.390 e. The van der Waals surface area contributed by atoms with Crippen LogP contribution < -0.4 is 0 Å². The molecular formula is C23H36N2O2. The van der Waals surface area contributed by atoms with Crippen LogP contribution in [0, 0.1) is 5.41 Å². The maximum atomic E-state index is 13.2. The number of hydrogen-bond donors (Lipinski definition) is 1. The average Bonchev–Trinajstić information content (AvgIpc) is 2.65. The fourth-order valence-corrected chi connectivity index (χ4v) is 4.79. The molecule has 0 unspecified atom stereocenters. The molecule has 2 aliphatic rings. The number of carbonyl (C=O) groups is 1. The standard InChI is InChI=1S/C23H36N2O2/c1-4-24-14-6-11-23(17-24)12-7-15-25(18-23)21(26)20-9-5-8-19(16-20)10-13-22(2,3)27/h5,8-9,16,27H,4,6-7,10-15,17-18H2,1-3H3/t23-/m0/s1. The largest absolute Gasteiger partial charge is 0.390 e. The van der Waals surface area contributed by atoms with E-state index in [9.17, 15) is 9.90 Å². The summed E-state index contributed by atoms with van der Waals surface area (Å²) >= 11 is 0. The summed E-state index contributed by atoms with van der Waals surface area (Å²) in [6.07, 6.45) is 6.35. The molecule has 0 bridgehead atoms. The zero-order valence-corrected chi connectivity index (χ0v) is 17.3. The zero-order valence-electron chi connectivity index (χ0n) is 17.3. The highest BCUT2D eigenvalue weighted by Crippen LogP contribution is 2.38. The third-order valence-electron chi connectivity index (χ3n) is 6.34. The number of carbonyl (C=O) groups excluding carboxylic acids is 1. The molecule has 2 heterocycles. The van der Waals surface area contributed by atoms with Crippen molar-refractivity contribution < 1.29 is 9.90 Å². The minimum absolute atomic E-state index is 0.174. The number of benzene rings is 1. The third-order valence-corrected chi connectivity index (χ3v) is 6.34. The van der Waals surface area contributed by atoms with Crippen molar-refractivity contribution >= 4 is 5.91 Å². The summed E-state index contributed by atoms with van der Waals surface area (Å²) < 4.78 is 0. The molecule has 1 atom stereocenters. The summed E-state index contributed by atoms with van der Waals surface area (Å²) in [5.74, 6) is 0.174. The van der Waals surface area contributed by atoms with Gasteiger partial charge >= 0.3 is 0 Å². The lowest BCUT2D eigenvalue weighted by Crippen LogP contribution is -2.53. The highest BCUT2D eigenvalue weighted by molar-refractivity contribution is 5.94. The molecule has 2 fully saturated rings. The Hall–Kier alpha value is -1.39. The molecule has 4 nitrogen and oxygen atoms in total. The van der Waals surface area contributed by atoms with E-state index in [0.717, 1.165) is 50.1 Å². The van der Waals surface area contributed by atoms with Gasteiger partial charge in [-0.05, 0) is 83.2 Å². The number of nitrogens with zero attached hydrogens (tertiary/aromatic N) is 2. The van der Waals surface area contributed by atoms with E-state index in [1.807, 2.05) is 32.0 Å². The van der Waals surface area contributed by atoms with Gasteiger partial charge in [0.15, 0.2) is 0 Å². The first-order valence-corrected chi connectivity index (χ1v) is 10.6. The molecule has 0 aliphatic carbocycles. The van der Waals surface area contributed by atoms with E-state index in [1.54, 1.807) is 0 Å². The average molecular weight is 373 g/mol. The molecule has 0 saturated carbocycles. The van der Waals surface area contributed by atoms with Gasteiger partial charge in [0, 0.05) is 30.6 Å². The van der Waals surface area contributed by atoms with E-state index < -0.39 is 5.60 Å². The molecule has 2 aliphatic heterocycles. The maximum Gasteiger partial charge on any atom is 0.253 e. The Morgan fingerprint density at radius 3 is 2.63 bits per heavy atom. The van der Waals surface area contributed by atoms with E-state index in [1.165, 1.54) is 25.8 Å². The number of likely N-dealkylation sites (tertiary alicyclic amines) is 2. The van der Waals surface area contributed by atoms with E-state index in [-0.39, 0.29) is 5.91 Å². The molecule has 2 saturated heterocycles. The Balaban J connectivity index is 1.68. The van der Waals surface area contributed by atoms with Crippen molar-refractivity contribution in [2.45, 2.75) is 64.9 Å². The predicted molar refractivity (Wildman–Crippen MR) is 110 cm³/mol. The molecule has 1 amide bonds. The monoisotopic (exact) mass is 372 g/mol. The number of hydrogen-bond acceptors (Lipinski definition) is 3. The first kappa shape index (κ1) is 20.3. The van der Waals surface area contributed by atoms with E-state index in [4.69, 9.17) is 0 Å². The van der Waals surface area contributed by atoms with Crippen molar-refractivity contribution in [3.8, 4) is 0 Å². The van der Waals surface area contributed by atoms with Crippen LogP contribution in [0.4, 0.5) is 0 Å². The summed E-state index contributed by atoms with van der Waals surface area (Å²) in [6, 6.07) is 8.00. The zero-order chi connectivity index (χ0) is 19.5. The highest BCUT2D eigenvalue weighted by atomic mass is 16.3. The summed E-state index contributed by atoms with van der Waals surface area (Å²) in [7, 11) is 0. The van der Waals surface area contributed by atoms with Crippen molar-refractivity contribution in [1.82, 2.24) is 9.80 Å². The quantitative estimate of drug-likeness (QED) is 0.856. The first-order chi connectivity index (χ1) is 12.8. The first-order valence-electron chi connectivity index (χ1n) is 10.6. The Bertz CT molecular complexity index is 648. The lowest BCUT2D eigenvalue weighted by molar-refractivity contribution is 0.0152. The Labute approximate surface area is 164 Å². The molecule has 3 rings (SSSR count). The topological polar surface area (TPSA) is 43.8 Å². The van der Waals surface area contributed by atoms with Crippen LogP contribution in [0.5, 0.6) is 0 Å². The highest BCUT2D eigenvalue weighted by Gasteiger charge is 2.40. The predicted octanol–water partition coefficient (Wildman–Crippen LogP) is 3.73. The van der Waals surface area contributed by atoms with Crippen molar-refractivity contribution in [3.05, 3.63) is 35.4 Å². The van der Waals surface area contributed by atoms with Crippen LogP contribution in [0.15, 0.2) is 24.3 Å². The lowest BCUT2D eigenvalue weighted by atomic mass is 9.73. The number of aryl methyl sites for hydroxylation is 1. The normalized spacial score (nSPS) is 24.4. The number of aliphatic hydroxyl groups is 1. The minimum atomic E-state index is -0.675. The van der Waals surface area contributed by atoms with Crippen LogP contribution in [-0.4, -0.2) is 59.1 Å². The summed E-state index contributed by atoms with van der Waals surface area (Å²) in [5.41, 5.74) is 1.54. The summed E-state index contributed by atoms with van der Waals surface area (Å²) in [5, 5.41) is 9.96. The Morgan fingerprint density at radius 1 is 1.19 bits per heavy atom. The van der Waals surface area contributed by atoms with Crippen LogP contribution in [0.3, 0.4) is 0 Å². The van der Waals surface area contributed by atoms with E-state index in [2.05, 4.69) is 22.8 Å². The molecule has 0 radical (unpaired) electrons. The third kappa shape index (κ3) is 5.32. The number of piperidine rings is 2. The van der Waals surface area contributed by atoms with Gasteiger partial charge in [-0.15, -0.1) is 0 Å². The fourth-order valence-electron chi connectivity index (χ4n) is 4.79. The molecule has 27 heavy (non-hydrogen) atoms. The van der Waals surface area contributed by atoms with Gasteiger partial charge in [-0.25, -0.2) is 0 Å². The van der Waals surface area contributed by atoms with Gasteiger partial charge in [-0.1, -0.05) is 19.1 Å². The Morgan fingerprint density at radius 2 is 1.93 bits per heavy atom. The van der Waals surface area contributed by atoms with E-state index >= 15 is 0 Å². The van der Waals surface area contributed by atoms with Gasteiger partial charge in [0.2, 0.25) is 0 Å². The van der Waals surface area contributed by atoms with E-state index in [0.29, 0.717) is 11.8 Å². The maximum absolute atomic E-state index is 13.2. The van der Waals surface area contributed by atoms with Crippen LogP contribution in [0.25, 0.3) is 0 Å². The lowest BCUT2D eigenvalue weighted by Gasteiger charge is -2.48. The second-order valence-electron chi connectivity index (χ2n) is 9.32. The molecule has 1 aromatic carbocycles. The summed E-state index contributed by atoms with van der Waals surface area (Å²) in [6.45, 7) is 11.1. The van der Waals surface area contributed by atoms with Gasteiger partial charge in [-0.2, -0.15) is 0 Å². The van der Waals surface area contributed by atoms with Gasteiger partial charge in [0.05, 0.1) is 5.60 Å². The molecule has 1 N–H and O–H groups in total. The van der Waals surface area contributed by atoms with Crippen LogP contribution in [-0.2, 0) is 6.42 Å². The number of rotatable bonds is 5. The van der Waals surface area contributed by atoms with Crippen molar-refractivity contribution in [2.75, 3.05) is 32.7 Å². The van der Waals surface area contributed by atoms with Gasteiger partial charge in [-0.3, -0.25) is 4.79 Å². The molecular weight excluding hydrogens is 336 g/mol. The second-order valence-corrected chi connectivity index (χ2v) is 9.32. The van der Waals surface area contributed by atoms with Crippen molar-refractivity contribution in [3.63, 3.8) is 0 Å². The van der Waals surface area contributed by atoms with Gasteiger partial charge in [0.1, 0.15) is 0 Å². The molecule has 1 spiro atoms. The van der Waals surface area contributed by atoms with Gasteiger partial charge < -0.3 is 14.9 Å². The number of amides is 1. The Kier molecular flexibility index (Phi) is 6.27. The molecule has 1 aromatic rings.